The highest BCUT2D eigenvalue weighted by molar-refractivity contribution is 7.99. The molecule has 2 aromatic heterocycles. The van der Waals surface area contributed by atoms with Gasteiger partial charge in [-0.05, 0) is 17.7 Å². The number of carbonyl (C=O) groups is 1. The SMILES string of the molecule is Cn1c(SCC(=O)N2CCC(c3ccccc3)=N2)nnc1-c1ccncc1. The monoisotopic (exact) mass is 378 g/mol. The minimum absolute atomic E-state index is 0.0283. The van der Waals surface area contributed by atoms with Gasteiger partial charge in [0.25, 0.3) is 5.91 Å². The molecule has 1 amide bonds. The Kier molecular flexibility index (Phi) is 4.97. The molecule has 0 aliphatic carbocycles. The van der Waals surface area contributed by atoms with Crippen LogP contribution in [0.2, 0.25) is 0 Å². The average molecular weight is 378 g/mol. The second-order valence-electron chi connectivity index (χ2n) is 6.07. The molecule has 0 radical (unpaired) electrons. The van der Waals surface area contributed by atoms with Crippen molar-refractivity contribution in [1.29, 1.82) is 0 Å². The fraction of sp³-hybridized carbons (Fsp3) is 0.211. The minimum Gasteiger partial charge on any atom is -0.305 e. The minimum atomic E-state index is -0.0283. The molecule has 0 atom stereocenters. The summed E-state index contributed by atoms with van der Waals surface area (Å²) in [6.07, 6.45) is 4.21. The van der Waals surface area contributed by atoms with E-state index in [4.69, 9.17) is 0 Å². The Balaban J connectivity index is 1.40. The van der Waals surface area contributed by atoms with Crippen LogP contribution < -0.4 is 0 Å². The van der Waals surface area contributed by atoms with Gasteiger partial charge in [0.1, 0.15) is 0 Å². The van der Waals surface area contributed by atoms with Crippen LogP contribution in [0.5, 0.6) is 0 Å². The van der Waals surface area contributed by atoms with E-state index >= 15 is 0 Å². The second-order valence-corrected chi connectivity index (χ2v) is 7.01. The zero-order valence-corrected chi connectivity index (χ0v) is 15.6. The standard InChI is InChI=1S/C19H18N6OS/c1-24-18(15-7-10-20-11-8-15)21-22-19(24)27-13-17(26)25-12-9-16(23-25)14-5-3-2-4-6-14/h2-8,10-11H,9,12-13H2,1H3. The van der Waals surface area contributed by atoms with Crippen molar-refractivity contribution in [2.75, 3.05) is 12.3 Å². The van der Waals surface area contributed by atoms with Crippen molar-refractivity contribution in [3.05, 3.63) is 60.4 Å². The van der Waals surface area contributed by atoms with Crippen LogP contribution in [0.4, 0.5) is 0 Å². The first-order valence-electron chi connectivity index (χ1n) is 8.58. The van der Waals surface area contributed by atoms with Crippen molar-refractivity contribution in [2.24, 2.45) is 12.1 Å². The van der Waals surface area contributed by atoms with Crippen molar-refractivity contribution < 1.29 is 4.79 Å². The molecule has 0 spiro atoms. The third kappa shape index (κ3) is 3.75. The molecule has 0 N–H and O–H groups in total. The molecule has 1 aromatic carbocycles. The maximum atomic E-state index is 12.5. The van der Waals surface area contributed by atoms with Crippen LogP contribution in [0.3, 0.4) is 0 Å². The van der Waals surface area contributed by atoms with Gasteiger partial charge in [0, 0.05) is 31.4 Å². The summed E-state index contributed by atoms with van der Waals surface area (Å²) in [7, 11) is 1.89. The van der Waals surface area contributed by atoms with Crippen LogP contribution in [0.25, 0.3) is 11.4 Å². The van der Waals surface area contributed by atoms with Crippen LogP contribution in [0, 0.1) is 0 Å². The van der Waals surface area contributed by atoms with Gasteiger partial charge >= 0.3 is 0 Å². The highest BCUT2D eigenvalue weighted by Crippen LogP contribution is 2.23. The lowest BCUT2D eigenvalue weighted by molar-refractivity contribution is -0.127. The number of amides is 1. The molecule has 1 aliphatic rings. The van der Waals surface area contributed by atoms with Crippen LogP contribution >= 0.6 is 11.8 Å². The molecule has 0 saturated carbocycles. The molecule has 0 fully saturated rings. The van der Waals surface area contributed by atoms with Gasteiger partial charge in [0.2, 0.25) is 0 Å². The average Bonchev–Trinajstić information content (AvgIpc) is 3.35. The van der Waals surface area contributed by atoms with Crippen molar-refractivity contribution in [1.82, 2.24) is 24.8 Å². The first-order chi connectivity index (χ1) is 13.2. The van der Waals surface area contributed by atoms with Gasteiger partial charge in [0.05, 0.1) is 18.0 Å². The third-order valence-electron chi connectivity index (χ3n) is 4.29. The van der Waals surface area contributed by atoms with Crippen molar-refractivity contribution in [3.63, 3.8) is 0 Å². The molecule has 0 unspecified atom stereocenters. The second kappa shape index (κ2) is 7.71. The van der Waals surface area contributed by atoms with E-state index in [0.29, 0.717) is 11.7 Å². The highest BCUT2D eigenvalue weighted by Gasteiger charge is 2.22. The number of thioether (sulfide) groups is 1. The van der Waals surface area contributed by atoms with Crippen LogP contribution in [0.1, 0.15) is 12.0 Å². The Labute approximate surface area is 161 Å². The maximum absolute atomic E-state index is 12.5. The lowest BCUT2D eigenvalue weighted by atomic mass is 10.1. The largest absolute Gasteiger partial charge is 0.305 e. The number of carbonyl (C=O) groups excluding carboxylic acids is 1. The molecular formula is C19H18N6OS. The Hall–Kier alpha value is -3.00. The molecule has 4 rings (SSSR count). The third-order valence-corrected chi connectivity index (χ3v) is 5.30. The lowest BCUT2D eigenvalue weighted by Gasteiger charge is -2.10. The van der Waals surface area contributed by atoms with Crippen molar-refractivity contribution >= 4 is 23.4 Å². The van der Waals surface area contributed by atoms with E-state index in [1.54, 1.807) is 17.4 Å². The number of hydrogen-bond acceptors (Lipinski definition) is 6. The predicted octanol–water partition coefficient (Wildman–Crippen LogP) is 2.61. The predicted molar refractivity (Wildman–Crippen MR) is 104 cm³/mol. The maximum Gasteiger partial charge on any atom is 0.253 e. The molecule has 8 heteroatoms. The summed E-state index contributed by atoms with van der Waals surface area (Å²) in [5, 5.41) is 15.2. The zero-order valence-electron chi connectivity index (χ0n) is 14.8. The Morgan fingerprint density at radius 1 is 1.07 bits per heavy atom. The number of rotatable bonds is 5. The summed E-state index contributed by atoms with van der Waals surface area (Å²) in [5.41, 5.74) is 2.96. The number of nitrogens with zero attached hydrogens (tertiary/aromatic N) is 6. The molecule has 136 valence electrons. The summed E-state index contributed by atoms with van der Waals surface area (Å²) in [6, 6.07) is 13.7. The molecule has 27 heavy (non-hydrogen) atoms. The number of aromatic nitrogens is 4. The molecule has 0 saturated heterocycles. The zero-order chi connectivity index (χ0) is 18.6. The van der Waals surface area contributed by atoms with E-state index in [1.165, 1.54) is 11.8 Å². The Morgan fingerprint density at radius 2 is 1.85 bits per heavy atom. The molecule has 7 nitrogen and oxygen atoms in total. The fourth-order valence-electron chi connectivity index (χ4n) is 2.86. The fourth-order valence-corrected chi connectivity index (χ4v) is 3.64. The van der Waals surface area contributed by atoms with Crippen molar-refractivity contribution in [3.8, 4) is 11.4 Å². The lowest BCUT2D eigenvalue weighted by Crippen LogP contribution is -2.25. The van der Waals surface area contributed by atoms with E-state index in [-0.39, 0.29) is 11.7 Å². The van der Waals surface area contributed by atoms with Crippen LogP contribution in [-0.2, 0) is 11.8 Å². The van der Waals surface area contributed by atoms with E-state index in [9.17, 15) is 4.79 Å². The first kappa shape index (κ1) is 17.4. The number of pyridine rings is 1. The quantitative estimate of drug-likeness (QED) is 0.638. The number of benzene rings is 1. The molecule has 3 aromatic rings. The smallest absolute Gasteiger partial charge is 0.253 e. The van der Waals surface area contributed by atoms with Gasteiger partial charge in [-0.3, -0.25) is 9.78 Å². The normalized spacial score (nSPS) is 13.7. The van der Waals surface area contributed by atoms with E-state index < -0.39 is 0 Å². The molecular weight excluding hydrogens is 360 g/mol. The molecule has 1 aliphatic heterocycles. The summed E-state index contributed by atoms with van der Waals surface area (Å²) in [4.78, 5) is 16.5. The van der Waals surface area contributed by atoms with Gasteiger partial charge in [0.15, 0.2) is 11.0 Å². The summed E-state index contributed by atoms with van der Waals surface area (Å²) in [5.74, 6) is 0.991. The molecule has 3 heterocycles. The van der Waals surface area contributed by atoms with Gasteiger partial charge in [-0.2, -0.15) is 5.10 Å². The van der Waals surface area contributed by atoms with Crippen LogP contribution in [0.15, 0.2) is 65.1 Å². The van der Waals surface area contributed by atoms with E-state index in [0.717, 1.165) is 29.1 Å². The number of hydrazone groups is 1. The van der Waals surface area contributed by atoms with E-state index in [2.05, 4.69) is 20.3 Å². The topological polar surface area (TPSA) is 76.3 Å². The molecule has 0 bridgehead atoms. The van der Waals surface area contributed by atoms with Crippen LogP contribution in [-0.4, -0.2) is 48.7 Å². The highest BCUT2D eigenvalue weighted by atomic mass is 32.2. The van der Waals surface area contributed by atoms with E-state index in [1.807, 2.05) is 54.1 Å². The van der Waals surface area contributed by atoms with Crippen molar-refractivity contribution in [2.45, 2.75) is 11.6 Å². The van der Waals surface area contributed by atoms with Gasteiger partial charge in [-0.15, -0.1) is 10.2 Å². The van der Waals surface area contributed by atoms with Gasteiger partial charge < -0.3 is 4.57 Å². The Bertz CT molecular complexity index is 970. The Morgan fingerprint density at radius 3 is 2.63 bits per heavy atom. The summed E-state index contributed by atoms with van der Waals surface area (Å²) in [6.45, 7) is 0.616. The summed E-state index contributed by atoms with van der Waals surface area (Å²) >= 11 is 1.37. The number of hydrogen-bond donors (Lipinski definition) is 0. The summed E-state index contributed by atoms with van der Waals surface area (Å²) < 4.78 is 1.88. The van der Waals surface area contributed by atoms with Gasteiger partial charge in [-0.25, -0.2) is 5.01 Å². The first-order valence-corrected chi connectivity index (χ1v) is 9.57. The van der Waals surface area contributed by atoms with Gasteiger partial charge in [-0.1, -0.05) is 42.1 Å².